The Morgan fingerprint density at radius 2 is 1.48 bits per heavy atom. The van der Waals surface area contributed by atoms with E-state index in [0.29, 0.717) is 5.41 Å². The van der Waals surface area contributed by atoms with Crippen LogP contribution in [0.25, 0.3) is 0 Å². The Bertz CT molecular complexity index is 283. The molecule has 0 aromatic carbocycles. The van der Waals surface area contributed by atoms with Crippen LogP contribution in [0, 0.1) is 23.2 Å². The third-order valence-corrected chi connectivity index (χ3v) is 6.43. The van der Waals surface area contributed by atoms with Crippen LogP contribution in [-0.2, 0) is 0 Å². The normalized spacial score (nSPS) is 35.4. The largest absolute Gasteiger partial charge is 0.314 e. The van der Waals surface area contributed by atoms with Gasteiger partial charge >= 0.3 is 0 Å². The molecule has 2 atom stereocenters. The molecule has 2 aliphatic rings. The van der Waals surface area contributed by atoms with Crippen molar-refractivity contribution in [3.8, 4) is 0 Å². The highest BCUT2D eigenvalue weighted by Crippen LogP contribution is 2.37. The number of hydrogen-bond acceptors (Lipinski definition) is 1. The second kappa shape index (κ2) is 7.99. The van der Waals surface area contributed by atoms with Gasteiger partial charge in [-0.1, -0.05) is 53.4 Å². The first-order valence-corrected chi connectivity index (χ1v) is 9.72. The van der Waals surface area contributed by atoms with E-state index >= 15 is 0 Å². The van der Waals surface area contributed by atoms with Gasteiger partial charge in [0.25, 0.3) is 0 Å². The van der Waals surface area contributed by atoms with Gasteiger partial charge in [0.2, 0.25) is 0 Å². The van der Waals surface area contributed by atoms with Gasteiger partial charge in [-0.2, -0.15) is 0 Å². The van der Waals surface area contributed by atoms with Crippen LogP contribution in [-0.4, -0.2) is 12.6 Å². The summed E-state index contributed by atoms with van der Waals surface area (Å²) >= 11 is 0. The molecule has 0 radical (unpaired) electrons. The summed E-state index contributed by atoms with van der Waals surface area (Å²) in [5, 5.41) is 3.94. The summed E-state index contributed by atoms with van der Waals surface area (Å²) in [4.78, 5) is 0. The summed E-state index contributed by atoms with van der Waals surface area (Å²) in [6, 6.07) is 0.807. The summed E-state index contributed by atoms with van der Waals surface area (Å²) in [5.74, 6) is 2.94. The monoisotopic (exact) mass is 293 g/mol. The molecule has 0 heterocycles. The molecule has 0 bridgehead atoms. The molecule has 124 valence electrons. The van der Waals surface area contributed by atoms with Crippen LogP contribution >= 0.6 is 0 Å². The predicted octanol–water partition coefficient (Wildman–Crippen LogP) is 5.79. The van der Waals surface area contributed by atoms with Crippen LogP contribution < -0.4 is 5.32 Å². The van der Waals surface area contributed by atoms with Crippen LogP contribution in [0.4, 0.5) is 0 Å². The molecule has 0 aromatic rings. The highest BCUT2D eigenvalue weighted by atomic mass is 14.9. The zero-order valence-corrected chi connectivity index (χ0v) is 15.1. The zero-order chi connectivity index (χ0) is 15.3. The minimum absolute atomic E-state index is 0.507. The van der Waals surface area contributed by atoms with Crippen LogP contribution in [0.5, 0.6) is 0 Å². The van der Waals surface area contributed by atoms with E-state index in [1.807, 2.05) is 0 Å². The average molecular weight is 294 g/mol. The molecule has 1 heteroatoms. The van der Waals surface area contributed by atoms with Gasteiger partial charge in [0, 0.05) is 6.04 Å². The van der Waals surface area contributed by atoms with E-state index in [1.54, 1.807) is 0 Å². The smallest absolute Gasteiger partial charge is 0.00672 e. The van der Waals surface area contributed by atoms with E-state index in [1.165, 1.54) is 70.8 Å². The fourth-order valence-corrected chi connectivity index (χ4v) is 4.55. The first-order valence-electron chi connectivity index (χ1n) is 9.72. The molecule has 2 rings (SSSR count). The van der Waals surface area contributed by atoms with Gasteiger partial charge in [-0.25, -0.2) is 0 Å². The molecule has 2 unspecified atom stereocenters. The molecule has 0 aromatic heterocycles. The van der Waals surface area contributed by atoms with Gasteiger partial charge in [0.15, 0.2) is 0 Å². The summed E-state index contributed by atoms with van der Waals surface area (Å²) in [5.41, 5.74) is 0.507. The summed E-state index contributed by atoms with van der Waals surface area (Å²) in [7, 11) is 0. The molecular formula is C20H39N. The highest BCUT2D eigenvalue weighted by molar-refractivity contribution is 4.82. The number of nitrogens with one attached hydrogen (secondary N) is 1. The van der Waals surface area contributed by atoms with E-state index in [9.17, 15) is 0 Å². The lowest BCUT2D eigenvalue weighted by atomic mass is 9.76. The molecule has 1 nitrogen and oxygen atoms in total. The number of hydrogen-bond donors (Lipinski definition) is 1. The lowest BCUT2D eigenvalue weighted by Gasteiger charge is -2.30. The van der Waals surface area contributed by atoms with Crippen LogP contribution in [0.15, 0.2) is 0 Å². The SMILES string of the molecule is CCC1CCC(CNC2CCCC(C(C)(C)C)CC2)CC1. The molecule has 0 saturated heterocycles. The summed E-state index contributed by atoms with van der Waals surface area (Å²) < 4.78 is 0. The summed E-state index contributed by atoms with van der Waals surface area (Å²) in [6.45, 7) is 10.9. The Balaban J connectivity index is 1.67. The van der Waals surface area contributed by atoms with Crippen LogP contribution in [0.2, 0.25) is 0 Å². The summed E-state index contributed by atoms with van der Waals surface area (Å²) in [6.07, 6.45) is 14.5. The van der Waals surface area contributed by atoms with Crippen molar-refractivity contribution in [1.82, 2.24) is 5.32 Å². The molecule has 2 fully saturated rings. The Kier molecular flexibility index (Phi) is 6.59. The third kappa shape index (κ3) is 5.58. The standard InChI is InChI=1S/C20H39N/c1-5-16-9-11-17(12-10-16)15-21-19-8-6-7-18(13-14-19)20(2,3)4/h16-19,21H,5-15H2,1-4H3. The fourth-order valence-electron chi connectivity index (χ4n) is 4.55. The topological polar surface area (TPSA) is 12.0 Å². The minimum atomic E-state index is 0.507. The van der Waals surface area contributed by atoms with Crippen molar-refractivity contribution in [3.05, 3.63) is 0 Å². The first-order chi connectivity index (χ1) is 9.99. The van der Waals surface area contributed by atoms with Crippen molar-refractivity contribution < 1.29 is 0 Å². The lowest BCUT2D eigenvalue weighted by Crippen LogP contribution is -2.34. The van der Waals surface area contributed by atoms with E-state index in [-0.39, 0.29) is 0 Å². The van der Waals surface area contributed by atoms with Gasteiger partial charge in [-0.05, 0) is 68.2 Å². The fraction of sp³-hybridized carbons (Fsp3) is 1.00. The maximum absolute atomic E-state index is 3.94. The maximum Gasteiger partial charge on any atom is 0.00672 e. The van der Waals surface area contributed by atoms with Crippen molar-refractivity contribution in [1.29, 1.82) is 0 Å². The van der Waals surface area contributed by atoms with Crippen molar-refractivity contribution in [3.63, 3.8) is 0 Å². The molecule has 1 N–H and O–H groups in total. The molecule has 21 heavy (non-hydrogen) atoms. The molecule has 0 amide bonds. The van der Waals surface area contributed by atoms with Gasteiger partial charge in [-0.3, -0.25) is 0 Å². The van der Waals surface area contributed by atoms with Crippen molar-refractivity contribution >= 4 is 0 Å². The second-order valence-corrected chi connectivity index (χ2v) is 8.97. The molecule has 0 spiro atoms. The molecule has 2 aliphatic carbocycles. The maximum atomic E-state index is 3.94. The van der Waals surface area contributed by atoms with Gasteiger partial charge in [0.1, 0.15) is 0 Å². The van der Waals surface area contributed by atoms with E-state index < -0.39 is 0 Å². The van der Waals surface area contributed by atoms with E-state index in [2.05, 4.69) is 33.0 Å². The molecule has 0 aliphatic heterocycles. The Morgan fingerprint density at radius 1 is 0.810 bits per heavy atom. The van der Waals surface area contributed by atoms with Crippen molar-refractivity contribution in [2.45, 2.75) is 97.9 Å². The zero-order valence-electron chi connectivity index (χ0n) is 15.1. The number of rotatable bonds is 4. The Hall–Kier alpha value is -0.0400. The van der Waals surface area contributed by atoms with Gasteiger partial charge < -0.3 is 5.32 Å². The van der Waals surface area contributed by atoms with E-state index in [4.69, 9.17) is 0 Å². The molecular weight excluding hydrogens is 254 g/mol. The van der Waals surface area contributed by atoms with Gasteiger partial charge in [-0.15, -0.1) is 0 Å². The predicted molar refractivity (Wildman–Crippen MR) is 93.6 cm³/mol. The average Bonchev–Trinajstić information content (AvgIpc) is 2.71. The third-order valence-electron chi connectivity index (χ3n) is 6.43. The lowest BCUT2D eigenvalue weighted by molar-refractivity contribution is 0.212. The van der Waals surface area contributed by atoms with Crippen molar-refractivity contribution in [2.75, 3.05) is 6.54 Å². The minimum Gasteiger partial charge on any atom is -0.314 e. The van der Waals surface area contributed by atoms with E-state index in [0.717, 1.165) is 23.8 Å². The Labute approximate surface area is 133 Å². The second-order valence-electron chi connectivity index (χ2n) is 8.97. The first kappa shape index (κ1) is 17.3. The van der Waals surface area contributed by atoms with Crippen LogP contribution in [0.1, 0.15) is 91.9 Å². The quantitative estimate of drug-likeness (QED) is 0.647. The Morgan fingerprint density at radius 3 is 2.10 bits per heavy atom. The van der Waals surface area contributed by atoms with Crippen LogP contribution in [0.3, 0.4) is 0 Å². The van der Waals surface area contributed by atoms with Crippen molar-refractivity contribution in [2.24, 2.45) is 23.2 Å². The molecule has 2 saturated carbocycles. The highest BCUT2D eigenvalue weighted by Gasteiger charge is 2.28. The van der Waals surface area contributed by atoms with Gasteiger partial charge in [0.05, 0.1) is 0 Å².